The molecule has 2 rings (SSSR count). The molecule has 20 heavy (non-hydrogen) atoms. The van der Waals surface area contributed by atoms with Crippen LogP contribution in [0.3, 0.4) is 0 Å². The van der Waals surface area contributed by atoms with E-state index in [0.717, 1.165) is 15.8 Å². The number of alkyl halides is 3. The first-order valence-electron chi connectivity index (χ1n) is 5.93. The molecule has 6 heteroatoms. The molecule has 1 aromatic carbocycles. The van der Waals surface area contributed by atoms with Gasteiger partial charge in [-0.1, -0.05) is 12.1 Å². The van der Waals surface area contributed by atoms with Gasteiger partial charge in [0.15, 0.2) is 0 Å². The summed E-state index contributed by atoms with van der Waals surface area (Å²) < 4.78 is 52.4. The van der Waals surface area contributed by atoms with Gasteiger partial charge in [0, 0.05) is 15.3 Å². The monoisotopic (exact) mass is 303 g/mol. The Balaban J connectivity index is 2.51. The van der Waals surface area contributed by atoms with Gasteiger partial charge in [-0.3, -0.25) is 0 Å². The van der Waals surface area contributed by atoms with Crippen molar-refractivity contribution in [1.29, 1.82) is 0 Å². The van der Waals surface area contributed by atoms with Crippen LogP contribution in [0, 0.1) is 12.7 Å². The highest BCUT2D eigenvalue weighted by Crippen LogP contribution is 2.36. The van der Waals surface area contributed by atoms with Crippen molar-refractivity contribution in [3.8, 4) is 0 Å². The Hall–Kier alpha value is -1.40. The number of rotatable bonds is 3. The van der Waals surface area contributed by atoms with Gasteiger partial charge >= 0.3 is 6.18 Å². The summed E-state index contributed by atoms with van der Waals surface area (Å²) in [5, 5.41) is 2.87. The number of aryl methyl sites for hydroxylation is 1. The maximum absolute atomic E-state index is 14.1. The third-order valence-corrected chi connectivity index (χ3v) is 4.04. The van der Waals surface area contributed by atoms with Crippen LogP contribution in [-0.2, 0) is 6.18 Å². The first kappa shape index (κ1) is 15.0. The minimum atomic E-state index is -4.69. The predicted octanol–water partition coefficient (Wildman–Crippen LogP) is 4.52. The molecule has 1 atom stereocenters. The average Bonchev–Trinajstić information content (AvgIpc) is 2.77. The largest absolute Gasteiger partial charge is 0.419 e. The van der Waals surface area contributed by atoms with E-state index in [-0.39, 0.29) is 5.56 Å². The predicted molar refractivity (Wildman–Crippen MR) is 71.4 cm³/mol. The summed E-state index contributed by atoms with van der Waals surface area (Å²) in [6.07, 6.45) is -4.69. The van der Waals surface area contributed by atoms with E-state index in [9.17, 15) is 17.6 Å². The molecule has 0 aliphatic carbocycles. The molecule has 1 nitrogen and oxygen atoms in total. The molecule has 0 aliphatic heterocycles. The second-order valence-corrected chi connectivity index (χ2v) is 5.70. The van der Waals surface area contributed by atoms with Crippen LogP contribution >= 0.6 is 11.3 Å². The summed E-state index contributed by atoms with van der Waals surface area (Å²) in [4.78, 5) is 1.80. The zero-order chi connectivity index (χ0) is 14.9. The van der Waals surface area contributed by atoms with Gasteiger partial charge < -0.3 is 5.32 Å². The van der Waals surface area contributed by atoms with Crippen molar-refractivity contribution < 1.29 is 17.6 Å². The zero-order valence-electron chi connectivity index (χ0n) is 10.9. The summed E-state index contributed by atoms with van der Waals surface area (Å²) in [6, 6.07) is 6.42. The molecular weight excluding hydrogens is 290 g/mol. The van der Waals surface area contributed by atoms with Gasteiger partial charge in [0.25, 0.3) is 0 Å². The normalized spacial score (nSPS) is 13.5. The van der Waals surface area contributed by atoms with Gasteiger partial charge in [0.05, 0.1) is 11.6 Å². The Kier molecular flexibility index (Phi) is 4.15. The molecule has 0 radical (unpaired) electrons. The number of hydrogen-bond donors (Lipinski definition) is 1. The lowest BCUT2D eigenvalue weighted by atomic mass is 10.0. The lowest BCUT2D eigenvalue weighted by molar-refractivity contribution is -0.140. The lowest BCUT2D eigenvalue weighted by Crippen LogP contribution is -2.20. The molecule has 0 bridgehead atoms. The van der Waals surface area contributed by atoms with Crippen molar-refractivity contribution in [3.05, 3.63) is 57.0 Å². The van der Waals surface area contributed by atoms with E-state index in [1.165, 1.54) is 23.5 Å². The summed E-state index contributed by atoms with van der Waals surface area (Å²) in [7, 11) is 1.60. The van der Waals surface area contributed by atoms with Crippen LogP contribution in [0.2, 0.25) is 0 Å². The molecule has 1 unspecified atom stereocenters. The molecule has 1 N–H and O–H groups in total. The first-order chi connectivity index (χ1) is 9.34. The Morgan fingerprint density at radius 2 is 1.85 bits per heavy atom. The van der Waals surface area contributed by atoms with Crippen LogP contribution in [-0.4, -0.2) is 7.05 Å². The van der Waals surface area contributed by atoms with Crippen LogP contribution in [0.25, 0.3) is 0 Å². The molecule has 2 aromatic rings. The van der Waals surface area contributed by atoms with Crippen LogP contribution in [0.4, 0.5) is 17.6 Å². The van der Waals surface area contributed by atoms with Gasteiger partial charge in [-0.25, -0.2) is 4.39 Å². The molecule has 0 spiro atoms. The second kappa shape index (κ2) is 5.54. The number of nitrogens with one attached hydrogen (secondary N) is 1. The Bertz CT molecular complexity index is 603. The average molecular weight is 303 g/mol. The summed E-state index contributed by atoms with van der Waals surface area (Å²) >= 11 is 1.43. The Morgan fingerprint density at radius 1 is 1.15 bits per heavy atom. The molecule has 1 heterocycles. The fourth-order valence-corrected chi connectivity index (χ4v) is 3.06. The van der Waals surface area contributed by atoms with E-state index in [1.54, 1.807) is 13.1 Å². The molecule has 108 valence electrons. The van der Waals surface area contributed by atoms with Crippen LogP contribution < -0.4 is 5.32 Å². The number of halogens is 4. The van der Waals surface area contributed by atoms with Crippen molar-refractivity contribution in [3.63, 3.8) is 0 Å². The molecular formula is C14H13F4NS. The van der Waals surface area contributed by atoms with E-state index in [0.29, 0.717) is 0 Å². The third kappa shape index (κ3) is 2.86. The molecule has 0 amide bonds. The highest BCUT2D eigenvalue weighted by molar-refractivity contribution is 7.12. The van der Waals surface area contributed by atoms with Gasteiger partial charge in [-0.05, 0) is 32.2 Å². The van der Waals surface area contributed by atoms with Crippen molar-refractivity contribution in [2.24, 2.45) is 0 Å². The standard InChI is InChI=1S/C14H13F4NS/c1-8-6-7-11(20-8)13(19-2)9-4-3-5-10(12(9)15)14(16,17)18/h3-7,13,19H,1-2H3. The third-order valence-electron chi connectivity index (χ3n) is 2.98. The van der Waals surface area contributed by atoms with Crippen molar-refractivity contribution in [2.45, 2.75) is 19.1 Å². The first-order valence-corrected chi connectivity index (χ1v) is 6.75. The fraction of sp³-hybridized carbons (Fsp3) is 0.286. The van der Waals surface area contributed by atoms with Crippen LogP contribution in [0.5, 0.6) is 0 Å². The van der Waals surface area contributed by atoms with E-state index in [1.807, 2.05) is 13.0 Å². The summed E-state index contributed by atoms with van der Waals surface area (Å²) in [6.45, 7) is 1.89. The quantitative estimate of drug-likeness (QED) is 0.822. The lowest BCUT2D eigenvalue weighted by Gasteiger charge is -2.18. The topological polar surface area (TPSA) is 12.0 Å². The zero-order valence-corrected chi connectivity index (χ0v) is 11.7. The van der Waals surface area contributed by atoms with Crippen LogP contribution in [0.15, 0.2) is 30.3 Å². The number of hydrogen-bond acceptors (Lipinski definition) is 2. The SMILES string of the molecule is CNC(c1ccc(C)s1)c1cccc(C(F)(F)F)c1F. The van der Waals surface area contributed by atoms with E-state index < -0.39 is 23.6 Å². The molecule has 0 aliphatic rings. The van der Waals surface area contributed by atoms with E-state index in [4.69, 9.17) is 0 Å². The number of benzene rings is 1. The van der Waals surface area contributed by atoms with Crippen molar-refractivity contribution >= 4 is 11.3 Å². The smallest absolute Gasteiger partial charge is 0.309 e. The van der Waals surface area contributed by atoms with Gasteiger partial charge in [-0.2, -0.15) is 13.2 Å². The van der Waals surface area contributed by atoms with Crippen LogP contribution in [0.1, 0.15) is 26.9 Å². The van der Waals surface area contributed by atoms with Gasteiger partial charge in [-0.15, -0.1) is 11.3 Å². The van der Waals surface area contributed by atoms with Crippen molar-refractivity contribution in [1.82, 2.24) is 5.32 Å². The maximum Gasteiger partial charge on any atom is 0.419 e. The molecule has 0 saturated heterocycles. The maximum atomic E-state index is 14.1. The van der Waals surface area contributed by atoms with Gasteiger partial charge in [0.1, 0.15) is 5.82 Å². The molecule has 0 saturated carbocycles. The highest BCUT2D eigenvalue weighted by Gasteiger charge is 2.35. The Morgan fingerprint density at radius 3 is 2.35 bits per heavy atom. The highest BCUT2D eigenvalue weighted by atomic mass is 32.1. The van der Waals surface area contributed by atoms with E-state index >= 15 is 0 Å². The second-order valence-electron chi connectivity index (χ2n) is 4.38. The minimum Gasteiger partial charge on any atom is -0.309 e. The minimum absolute atomic E-state index is 0.00387. The fourth-order valence-electron chi connectivity index (χ4n) is 2.05. The molecule has 0 fully saturated rings. The Labute approximate surface area is 118 Å². The number of thiophene rings is 1. The van der Waals surface area contributed by atoms with E-state index in [2.05, 4.69) is 5.32 Å². The molecule has 1 aromatic heterocycles. The summed E-state index contributed by atoms with van der Waals surface area (Å²) in [5.74, 6) is -1.22. The van der Waals surface area contributed by atoms with Gasteiger partial charge in [0.2, 0.25) is 0 Å². The van der Waals surface area contributed by atoms with Crippen molar-refractivity contribution in [2.75, 3.05) is 7.05 Å². The summed E-state index contributed by atoms with van der Waals surface area (Å²) in [5.41, 5.74) is -1.23.